The van der Waals surface area contributed by atoms with Crippen LogP contribution in [0, 0.1) is 5.82 Å². The summed E-state index contributed by atoms with van der Waals surface area (Å²) in [7, 11) is 3.25. The third-order valence-corrected chi connectivity index (χ3v) is 8.95. The Morgan fingerprint density at radius 2 is 1.62 bits per heavy atom. The summed E-state index contributed by atoms with van der Waals surface area (Å²) in [5.74, 6) is 2.67. The fourth-order valence-corrected chi connectivity index (χ4v) is 6.44. The van der Waals surface area contributed by atoms with E-state index in [1.807, 2.05) is 52.7 Å². The van der Waals surface area contributed by atoms with Crippen molar-refractivity contribution < 1.29 is 28.1 Å². The van der Waals surface area contributed by atoms with Gasteiger partial charge in [-0.05, 0) is 59.5 Å². The lowest BCUT2D eigenvalue weighted by Gasteiger charge is -2.34. The molecular weight excluding hydrogens is 595 g/mol. The molecule has 1 aromatic heterocycles. The number of carbonyl (C=O) groups is 1. The van der Waals surface area contributed by atoms with E-state index < -0.39 is 0 Å². The van der Waals surface area contributed by atoms with Gasteiger partial charge in [0.2, 0.25) is 6.79 Å². The lowest BCUT2D eigenvalue weighted by atomic mass is 10.1. The number of methoxy groups -OCH3 is 2. The molecule has 0 atom stereocenters. The Kier molecular flexibility index (Phi) is 9.78. The molecule has 0 aliphatic carbocycles. The van der Waals surface area contributed by atoms with Crippen molar-refractivity contribution in [2.45, 2.75) is 26.1 Å². The van der Waals surface area contributed by atoms with Crippen molar-refractivity contribution in [1.29, 1.82) is 0 Å². The van der Waals surface area contributed by atoms with Crippen molar-refractivity contribution >= 4 is 17.2 Å². The summed E-state index contributed by atoms with van der Waals surface area (Å²) in [5.41, 5.74) is 3.78. The van der Waals surface area contributed by atoms with Gasteiger partial charge in [-0.1, -0.05) is 24.3 Å². The zero-order valence-corrected chi connectivity index (χ0v) is 26.4. The van der Waals surface area contributed by atoms with E-state index in [1.165, 1.54) is 29.0 Å². The van der Waals surface area contributed by atoms with Crippen LogP contribution >= 0.6 is 11.3 Å². The molecule has 3 aromatic carbocycles. The van der Waals surface area contributed by atoms with Crippen LogP contribution in [0.4, 0.5) is 4.39 Å². The van der Waals surface area contributed by atoms with Gasteiger partial charge in [0, 0.05) is 51.2 Å². The number of halogens is 1. The highest BCUT2D eigenvalue weighted by molar-refractivity contribution is 7.09. The quantitative estimate of drug-likeness (QED) is 0.210. The highest BCUT2D eigenvalue weighted by Crippen LogP contribution is 2.33. The number of ether oxygens (including phenoxy) is 4. The van der Waals surface area contributed by atoms with Crippen molar-refractivity contribution in [1.82, 2.24) is 19.7 Å². The molecule has 6 rings (SSSR count). The highest BCUT2D eigenvalue weighted by Gasteiger charge is 2.25. The van der Waals surface area contributed by atoms with E-state index in [9.17, 15) is 9.18 Å². The number of hydrogen-bond donors (Lipinski definition) is 0. The minimum absolute atomic E-state index is 0.0318. The lowest BCUT2D eigenvalue weighted by Crippen LogP contribution is -2.48. The minimum atomic E-state index is -0.257. The molecule has 0 bridgehead atoms. The van der Waals surface area contributed by atoms with E-state index in [-0.39, 0.29) is 18.5 Å². The summed E-state index contributed by atoms with van der Waals surface area (Å²) in [5, 5.41) is 2.73. The molecule has 45 heavy (non-hydrogen) atoms. The molecule has 0 N–H and O–H groups in total. The second kappa shape index (κ2) is 14.3. The van der Waals surface area contributed by atoms with Gasteiger partial charge >= 0.3 is 0 Å². The summed E-state index contributed by atoms with van der Waals surface area (Å²) in [6.45, 7) is 5.89. The van der Waals surface area contributed by atoms with Crippen molar-refractivity contribution in [3.05, 3.63) is 99.3 Å². The largest absolute Gasteiger partial charge is 0.493 e. The highest BCUT2D eigenvalue weighted by atomic mass is 32.1. The standard InChI is InChI=1S/C34H37FN4O5S/c1-41-29-9-5-24(17-31(29)42-2)11-12-38(19-25-3-7-27(35)8-4-25)21-33-36-28(22-45-33)34(40)39-15-13-37(14-16-39)20-26-6-10-30-32(18-26)44-23-43-30/h3-10,17-18,22H,11-16,19-21,23H2,1-2H3. The zero-order valence-electron chi connectivity index (χ0n) is 25.5. The van der Waals surface area contributed by atoms with Crippen molar-refractivity contribution in [2.24, 2.45) is 0 Å². The average molecular weight is 633 g/mol. The van der Waals surface area contributed by atoms with Gasteiger partial charge in [-0.25, -0.2) is 9.37 Å². The fraction of sp³-hybridized carbons (Fsp3) is 0.353. The maximum absolute atomic E-state index is 13.6. The molecule has 4 aromatic rings. The monoisotopic (exact) mass is 632 g/mol. The molecule has 3 heterocycles. The van der Waals surface area contributed by atoms with Gasteiger partial charge in [0.15, 0.2) is 23.0 Å². The van der Waals surface area contributed by atoms with Crippen LogP contribution in [0.5, 0.6) is 23.0 Å². The topological polar surface area (TPSA) is 76.6 Å². The molecule has 236 valence electrons. The van der Waals surface area contributed by atoms with Crippen LogP contribution in [0.3, 0.4) is 0 Å². The van der Waals surface area contributed by atoms with Gasteiger partial charge in [-0.15, -0.1) is 11.3 Å². The SMILES string of the molecule is COc1ccc(CCN(Cc2ccc(F)cc2)Cc2nc(C(=O)N3CCN(Cc4ccc5c(c4)OCO5)CC3)cs2)cc1OC. The summed E-state index contributed by atoms with van der Waals surface area (Å²) >= 11 is 1.50. The van der Waals surface area contributed by atoms with Crippen LogP contribution in [0.25, 0.3) is 0 Å². The Morgan fingerprint density at radius 1 is 0.889 bits per heavy atom. The number of piperazine rings is 1. The van der Waals surface area contributed by atoms with Gasteiger partial charge in [0.05, 0.1) is 20.8 Å². The van der Waals surface area contributed by atoms with E-state index in [1.54, 1.807) is 14.2 Å². The van der Waals surface area contributed by atoms with Gasteiger partial charge in [0.1, 0.15) is 16.5 Å². The number of carbonyl (C=O) groups excluding carboxylic acids is 1. The molecule has 11 heteroatoms. The van der Waals surface area contributed by atoms with Crippen LogP contribution in [0.1, 0.15) is 32.2 Å². The van der Waals surface area contributed by atoms with Crippen LogP contribution < -0.4 is 18.9 Å². The Labute approximate surface area is 266 Å². The van der Waals surface area contributed by atoms with Crippen LogP contribution in [0.2, 0.25) is 0 Å². The van der Waals surface area contributed by atoms with E-state index in [4.69, 9.17) is 23.9 Å². The number of thiazole rings is 1. The predicted molar refractivity (Wildman–Crippen MR) is 170 cm³/mol. The van der Waals surface area contributed by atoms with E-state index in [2.05, 4.69) is 15.9 Å². The first-order valence-corrected chi connectivity index (χ1v) is 15.9. The van der Waals surface area contributed by atoms with Crippen molar-refractivity contribution in [3.63, 3.8) is 0 Å². The van der Waals surface area contributed by atoms with Crippen molar-refractivity contribution in [3.8, 4) is 23.0 Å². The number of fused-ring (bicyclic) bond motifs is 1. The summed E-state index contributed by atoms with van der Waals surface area (Å²) in [4.78, 5) is 24.7. The molecule has 0 saturated carbocycles. The third-order valence-electron chi connectivity index (χ3n) is 8.12. The Hall–Kier alpha value is -4.19. The number of hydrogen-bond acceptors (Lipinski definition) is 9. The Morgan fingerprint density at radius 3 is 2.40 bits per heavy atom. The first kappa shape index (κ1) is 30.8. The van der Waals surface area contributed by atoms with E-state index >= 15 is 0 Å². The third kappa shape index (κ3) is 7.73. The molecule has 0 radical (unpaired) electrons. The van der Waals surface area contributed by atoms with Gasteiger partial charge < -0.3 is 23.8 Å². The molecular formula is C34H37FN4O5S. The molecule has 1 fully saturated rings. The summed E-state index contributed by atoms with van der Waals surface area (Å²) in [6, 6.07) is 18.6. The molecule has 2 aliphatic heterocycles. The number of benzene rings is 3. The van der Waals surface area contributed by atoms with E-state index in [0.717, 1.165) is 60.2 Å². The maximum atomic E-state index is 13.6. The Balaban J connectivity index is 1.06. The molecule has 1 amide bonds. The predicted octanol–water partition coefficient (Wildman–Crippen LogP) is 5.23. The van der Waals surface area contributed by atoms with Gasteiger partial charge in [-0.2, -0.15) is 0 Å². The lowest BCUT2D eigenvalue weighted by molar-refractivity contribution is 0.0623. The van der Waals surface area contributed by atoms with Crippen LogP contribution in [-0.4, -0.2) is 79.3 Å². The number of amides is 1. The van der Waals surface area contributed by atoms with Gasteiger partial charge in [0.25, 0.3) is 5.91 Å². The minimum Gasteiger partial charge on any atom is -0.493 e. The smallest absolute Gasteiger partial charge is 0.273 e. The number of aromatic nitrogens is 1. The molecule has 0 unspecified atom stereocenters. The Bertz CT molecular complexity index is 1610. The van der Waals surface area contributed by atoms with E-state index in [0.29, 0.717) is 43.4 Å². The average Bonchev–Trinajstić information content (AvgIpc) is 3.74. The second-order valence-electron chi connectivity index (χ2n) is 11.2. The number of nitrogens with zero attached hydrogens (tertiary/aromatic N) is 4. The summed E-state index contributed by atoms with van der Waals surface area (Å²) in [6.07, 6.45) is 0.773. The molecule has 2 aliphatic rings. The number of rotatable bonds is 12. The maximum Gasteiger partial charge on any atom is 0.273 e. The molecule has 1 saturated heterocycles. The van der Waals surface area contributed by atoms with Crippen LogP contribution in [0.15, 0.2) is 66.0 Å². The normalized spacial score (nSPS) is 14.6. The first-order valence-electron chi connectivity index (χ1n) is 15.0. The molecule has 9 nitrogen and oxygen atoms in total. The fourth-order valence-electron chi connectivity index (χ4n) is 5.63. The zero-order chi connectivity index (χ0) is 31.2. The van der Waals surface area contributed by atoms with Gasteiger partial charge in [-0.3, -0.25) is 14.6 Å². The summed E-state index contributed by atoms with van der Waals surface area (Å²) < 4.78 is 35.4. The molecule has 0 spiro atoms. The second-order valence-corrected chi connectivity index (χ2v) is 12.1. The van der Waals surface area contributed by atoms with Crippen LogP contribution in [-0.2, 0) is 26.1 Å². The van der Waals surface area contributed by atoms with Crippen molar-refractivity contribution in [2.75, 3.05) is 53.7 Å². The first-order chi connectivity index (χ1) is 22.0.